The molecule has 0 unspecified atom stereocenters. The number of sulfonamides is 1. The third-order valence-corrected chi connectivity index (χ3v) is 7.39. The Kier molecular flexibility index (Phi) is 6.02. The normalized spacial score (nSPS) is 21.2. The zero-order chi connectivity index (χ0) is 17.9. The summed E-state index contributed by atoms with van der Waals surface area (Å²) < 4.78 is 26.8. The highest BCUT2D eigenvalue weighted by Gasteiger charge is 2.31. The van der Waals surface area contributed by atoms with Crippen LogP contribution in [0, 0.1) is 5.92 Å². The molecule has 1 aromatic rings. The molecule has 0 bridgehead atoms. The number of piperidine rings is 1. The lowest BCUT2D eigenvalue weighted by molar-refractivity contribution is -0.126. The van der Waals surface area contributed by atoms with E-state index in [-0.39, 0.29) is 22.8 Å². The van der Waals surface area contributed by atoms with Gasteiger partial charge in [0, 0.05) is 30.1 Å². The van der Waals surface area contributed by atoms with Crippen LogP contribution in [0.5, 0.6) is 0 Å². The first-order valence-electron chi connectivity index (χ1n) is 9.03. The molecule has 2 fully saturated rings. The second-order valence-electron chi connectivity index (χ2n) is 6.98. The Balaban J connectivity index is 1.54. The van der Waals surface area contributed by atoms with E-state index < -0.39 is 10.0 Å². The van der Waals surface area contributed by atoms with Gasteiger partial charge in [-0.05, 0) is 49.9 Å². The quantitative estimate of drug-likeness (QED) is 0.866. The first-order chi connectivity index (χ1) is 12.0. The molecule has 3 rings (SSSR count). The molecule has 1 saturated heterocycles. The molecule has 1 heterocycles. The fourth-order valence-electron chi connectivity index (χ4n) is 3.68. The van der Waals surface area contributed by atoms with Gasteiger partial charge in [-0.3, -0.25) is 4.79 Å². The zero-order valence-corrected chi connectivity index (χ0v) is 15.9. The molecule has 0 radical (unpaired) electrons. The maximum Gasteiger partial charge on any atom is 0.243 e. The molecule has 0 spiro atoms. The van der Waals surface area contributed by atoms with Gasteiger partial charge in [-0.25, -0.2) is 8.42 Å². The third kappa shape index (κ3) is 4.54. The SMILES string of the molecule is O=C(NC1CCN(S(=O)(=O)c2ccc(Cl)cc2)CC1)C1CCCCC1. The van der Waals surface area contributed by atoms with E-state index in [4.69, 9.17) is 11.6 Å². The van der Waals surface area contributed by atoms with Gasteiger partial charge in [0.15, 0.2) is 0 Å². The van der Waals surface area contributed by atoms with Crippen molar-refractivity contribution in [3.63, 3.8) is 0 Å². The van der Waals surface area contributed by atoms with Crippen molar-refractivity contribution in [2.75, 3.05) is 13.1 Å². The minimum atomic E-state index is -3.49. The lowest BCUT2D eigenvalue weighted by atomic mass is 9.88. The van der Waals surface area contributed by atoms with Crippen molar-refractivity contribution >= 4 is 27.5 Å². The number of hydrogen-bond acceptors (Lipinski definition) is 3. The van der Waals surface area contributed by atoms with Gasteiger partial charge >= 0.3 is 0 Å². The minimum Gasteiger partial charge on any atom is -0.353 e. The minimum absolute atomic E-state index is 0.0751. The standard InChI is InChI=1S/C18H25ClN2O3S/c19-15-6-8-17(9-7-15)25(23,24)21-12-10-16(11-13-21)20-18(22)14-4-2-1-3-5-14/h6-9,14,16H,1-5,10-13H2,(H,20,22). The number of benzene rings is 1. The number of amides is 1. The average molecular weight is 385 g/mol. The van der Waals surface area contributed by atoms with Gasteiger partial charge in [0.25, 0.3) is 0 Å². The lowest BCUT2D eigenvalue weighted by Gasteiger charge is -2.32. The summed E-state index contributed by atoms with van der Waals surface area (Å²) in [5.41, 5.74) is 0. The van der Waals surface area contributed by atoms with Crippen molar-refractivity contribution in [2.45, 2.75) is 55.9 Å². The summed E-state index contributed by atoms with van der Waals surface area (Å²) in [7, 11) is -3.49. The Morgan fingerprint density at radius 2 is 1.60 bits per heavy atom. The van der Waals surface area contributed by atoms with E-state index >= 15 is 0 Å². The van der Waals surface area contributed by atoms with Crippen LogP contribution < -0.4 is 5.32 Å². The monoisotopic (exact) mass is 384 g/mol. The van der Waals surface area contributed by atoms with E-state index in [1.165, 1.54) is 22.9 Å². The highest BCUT2D eigenvalue weighted by Crippen LogP contribution is 2.25. The molecule has 1 aromatic carbocycles. The van der Waals surface area contributed by atoms with Crippen molar-refractivity contribution < 1.29 is 13.2 Å². The van der Waals surface area contributed by atoms with Crippen molar-refractivity contribution in [1.82, 2.24) is 9.62 Å². The molecular weight excluding hydrogens is 360 g/mol. The van der Waals surface area contributed by atoms with Gasteiger partial charge in [0.2, 0.25) is 15.9 Å². The second-order valence-corrected chi connectivity index (χ2v) is 9.35. The molecule has 1 aliphatic carbocycles. The maximum absolute atomic E-state index is 12.7. The average Bonchev–Trinajstić information content (AvgIpc) is 2.63. The van der Waals surface area contributed by atoms with Crippen molar-refractivity contribution in [3.05, 3.63) is 29.3 Å². The zero-order valence-electron chi connectivity index (χ0n) is 14.3. The van der Waals surface area contributed by atoms with Gasteiger partial charge in [0.05, 0.1) is 4.90 Å². The molecule has 1 aliphatic heterocycles. The summed E-state index contributed by atoms with van der Waals surface area (Å²) in [6.07, 6.45) is 6.78. The molecule has 1 N–H and O–H groups in total. The van der Waals surface area contributed by atoms with Gasteiger partial charge in [0.1, 0.15) is 0 Å². The molecule has 0 atom stereocenters. The molecule has 5 nitrogen and oxygen atoms in total. The van der Waals surface area contributed by atoms with Crippen LogP contribution in [0.1, 0.15) is 44.9 Å². The van der Waals surface area contributed by atoms with Crippen LogP contribution in [0.25, 0.3) is 0 Å². The first-order valence-corrected chi connectivity index (χ1v) is 10.8. The van der Waals surface area contributed by atoms with Gasteiger partial charge in [-0.2, -0.15) is 4.31 Å². The highest BCUT2D eigenvalue weighted by atomic mass is 35.5. The number of halogens is 1. The van der Waals surface area contributed by atoms with Crippen LogP contribution >= 0.6 is 11.6 Å². The molecule has 7 heteroatoms. The predicted molar refractivity (Wildman–Crippen MR) is 98.0 cm³/mol. The van der Waals surface area contributed by atoms with Gasteiger partial charge in [-0.15, -0.1) is 0 Å². The molecule has 25 heavy (non-hydrogen) atoms. The summed E-state index contributed by atoms with van der Waals surface area (Å²) >= 11 is 5.83. The van der Waals surface area contributed by atoms with E-state index in [9.17, 15) is 13.2 Å². The maximum atomic E-state index is 12.7. The molecular formula is C18H25ClN2O3S. The third-order valence-electron chi connectivity index (χ3n) is 5.23. The van der Waals surface area contributed by atoms with E-state index in [1.807, 2.05) is 0 Å². The predicted octanol–water partition coefficient (Wildman–Crippen LogP) is 3.19. The summed E-state index contributed by atoms with van der Waals surface area (Å²) in [6, 6.07) is 6.33. The molecule has 1 saturated carbocycles. The Morgan fingerprint density at radius 1 is 1.00 bits per heavy atom. The smallest absolute Gasteiger partial charge is 0.243 e. The van der Waals surface area contributed by atoms with E-state index in [0.29, 0.717) is 31.0 Å². The van der Waals surface area contributed by atoms with Crippen molar-refractivity contribution in [1.29, 1.82) is 0 Å². The largest absolute Gasteiger partial charge is 0.353 e. The van der Waals surface area contributed by atoms with Gasteiger partial charge < -0.3 is 5.32 Å². The van der Waals surface area contributed by atoms with Crippen molar-refractivity contribution in [3.8, 4) is 0 Å². The molecule has 2 aliphatic rings. The summed E-state index contributed by atoms with van der Waals surface area (Å²) in [4.78, 5) is 12.6. The van der Waals surface area contributed by atoms with Crippen LogP contribution in [-0.4, -0.2) is 37.8 Å². The molecule has 138 valence electrons. The Morgan fingerprint density at radius 3 is 2.20 bits per heavy atom. The van der Waals surface area contributed by atoms with Crippen LogP contribution in [0.15, 0.2) is 29.2 Å². The van der Waals surface area contributed by atoms with Crippen LogP contribution in [-0.2, 0) is 14.8 Å². The second kappa shape index (κ2) is 8.06. The number of carbonyl (C=O) groups is 1. The Bertz CT molecular complexity index is 692. The summed E-state index contributed by atoms with van der Waals surface area (Å²) in [6.45, 7) is 0.862. The highest BCUT2D eigenvalue weighted by molar-refractivity contribution is 7.89. The van der Waals surface area contributed by atoms with Crippen molar-refractivity contribution in [2.24, 2.45) is 5.92 Å². The van der Waals surface area contributed by atoms with Crippen LogP contribution in [0.2, 0.25) is 5.02 Å². The number of rotatable bonds is 4. The van der Waals surface area contributed by atoms with Gasteiger partial charge in [-0.1, -0.05) is 30.9 Å². The van der Waals surface area contributed by atoms with Crippen LogP contribution in [0.3, 0.4) is 0 Å². The first kappa shape index (κ1) is 18.7. The molecule has 0 aromatic heterocycles. The van der Waals surface area contributed by atoms with E-state index in [1.54, 1.807) is 12.1 Å². The van der Waals surface area contributed by atoms with E-state index in [2.05, 4.69) is 5.32 Å². The Labute approximate surface area is 154 Å². The number of nitrogens with one attached hydrogen (secondary N) is 1. The number of carbonyl (C=O) groups excluding carboxylic acids is 1. The fourth-order valence-corrected chi connectivity index (χ4v) is 5.28. The number of hydrogen-bond donors (Lipinski definition) is 1. The number of nitrogens with zero attached hydrogens (tertiary/aromatic N) is 1. The lowest BCUT2D eigenvalue weighted by Crippen LogP contribution is -2.48. The summed E-state index contributed by atoms with van der Waals surface area (Å²) in [5, 5.41) is 3.65. The summed E-state index contributed by atoms with van der Waals surface area (Å²) in [5.74, 6) is 0.295. The molecule has 1 amide bonds. The Hall–Kier alpha value is -1.11. The fraction of sp³-hybridized carbons (Fsp3) is 0.611. The van der Waals surface area contributed by atoms with E-state index in [0.717, 1.165) is 25.7 Å². The van der Waals surface area contributed by atoms with Crippen LogP contribution in [0.4, 0.5) is 0 Å². The topological polar surface area (TPSA) is 66.5 Å².